The summed E-state index contributed by atoms with van der Waals surface area (Å²) in [6.45, 7) is 0.672. The molecule has 106 valence electrons. The van der Waals surface area contributed by atoms with Crippen LogP contribution in [-0.2, 0) is 6.54 Å². The molecule has 3 aromatic rings. The summed E-state index contributed by atoms with van der Waals surface area (Å²) in [5.74, 6) is 0. The van der Waals surface area contributed by atoms with Crippen molar-refractivity contribution in [3.63, 3.8) is 0 Å². The number of benzene rings is 2. The average molecular weight is 363 g/mol. The van der Waals surface area contributed by atoms with Crippen LogP contribution in [0.4, 0.5) is 5.69 Å². The zero-order valence-electron chi connectivity index (χ0n) is 11.1. The minimum absolute atomic E-state index is 0.672. The van der Waals surface area contributed by atoms with Crippen molar-refractivity contribution in [3.05, 3.63) is 76.2 Å². The highest BCUT2D eigenvalue weighted by atomic mass is 79.9. The molecular weight excluding hydrogens is 350 g/mol. The van der Waals surface area contributed by atoms with Gasteiger partial charge in [0.2, 0.25) is 0 Å². The van der Waals surface area contributed by atoms with Gasteiger partial charge in [-0.1, -0.05) is 33.6 Å². The molecule has 0 bridgehead atoms. The number of aromatic nitrogens is 2. The summed E-state index contributed by atoms with van der Waals surface area (Å²) in [5.41, 5.74) is 3.16. The van der Waals surface area contributed by atoms with Crippen LogP contribution in [0.25, 0.3) is 5.69 Å². The van der Waals surface area contributed by atoms with Gasteiger partial charge in [-0.15, -0.1) is 0 Å². The van der Waals surface area contributed by atoms with E-state index in [-0.39, 0.29) is 0 Å². The second-order valence-electron chi connectivity index (χ2n) is 4.61. The molecule has 0 atom stereocenters. The van der Waals surface area contributed by atoms with Gasteiger partial charge in [-0.05, 0) is 42.0 Å². The van der Waals surface area contributed by atoms with Crippen LogP contribution < -0.4 is 5.32 Å². The first-order valence-corrected chi connectivity index (χ1v) is 7.66. The van der Waals surface area contributed by atoms with Crippen molar-refractivity contribution < 1.29 is 0 Å². The molecule has 1 heterocycles. The summed E-state index contributed by atoms with van der Waals surface area (Å²) in [7, 11) is 0. The van der Waals surface area contributed by atoms with E-state index in [0.717, 1.165) is 26.4 Å². The molecule has 0 aliphatic heterocycles. The van der Waals surface area contributed by atoms with Crippen LogP contribution >= 0.6 is 27.5 Å². The SMILES string of the molecule is Clc1ccc(Br)cc1CNc1cccc(-n2ccnc2)c1. The summed E-state index contributed by atoms with van der Waals surface area (Å²) in [6, 6.07) is 14.0. The highest BCUT2D eigenvalue weighted by Gasteiger charge is 2.02. The Bertz CT molecular complexity index is 741. The van der Waals surface area contributed by atoms with Crippen molar-refractivity contribution in [2.75, 3.05) is 5.32 Å². The van der Waals surface area contributed by atoms with Crippen LogP contribution in [0, 0.1) is 0 Å². The number of anilines is 1. The Balaban J connectivity index is 1.76. The van der Waals surface area contributed by atoms with Crippen LogP contribution in [0.2, 0.25) is 5.02 Å². The van der Waals surface area contributed by atoms with Crippen LogP contribution in [0.5, 0.6) is 0 Å². The van der Waals surface area contributed by atoms with Gasteiger partial charge < -0.3 is 9.88 Å². The molecule has 0 radical (unpaired) electrons. The number of halogens is 2. The first-order chi connectivity index (χ1) is 10.2. The third kappa shape index (κ3) is 3.46. The lowest BCUT2D eigenvalue weighted by Gasteiger charge is -2.10. The van der Waals surface area contributed by atoms with E-state index >= 15 is 0 Å². The van der Waals surface area contributed by atoms with Gasteiger partial charge in [-0.3, -0.25) is 0 Å². The fourth-order valence-corrected chi connectivity index (χ4v) is 2.66. The quantitative estimate of drug-likeness (QED) is 0.715. The number of nitrogens with zero attached hydrogens (tertiary/aromatic N) is 2. The smallest absolute Gasteiger partial charge is 0.0991 e. The van der Waals surface area contributed by atoms with Crippen molar-refractivity contribution in [2.45, 2.75) is 6.54 Å². The summed E-state index contributed by atoms with van der Waals surface area (Å²) in [4.78, 5) is 4.06. The first-order valence-electron chi connectivity index (χ1n) is 6.48. The molecule has 0 aliphatic rings. The molecule has 0 amide bonds. The standard InChI is InChI=1S/C16H13BrClN3/c17-13-4-5-16(18)12(8-13)10-20-14-2-1-3-15(9-14)21-7-6-19-11-21/h1-9,11,20H,10H2. The lowest BCUT2D eigenvalue weighted by atomic mass is 10.2. The Hall–Kier alpha value is -1.78. The number of hydrogen-bond acceptors (Lipinski definition) is 2. The van der Waals surface area contributed by atoms with Gasteiger partial charge in [0.05, 0.1) is 6.33 Å². The highest BCUT2D eigenvalue weighted by Crippen LogP contribution is 2.22. The summed E-state index contributed by atoms with van der Waals surface area (Å²) in [5, 5.41) is 4.15. The molecule has 0 fully saturated rings. The molecule has 3 nitrogen and oxygen atoms in total. The summed E-state index contributed by atoms with van der Waals surface area (Å²) >= 11 is 9.67. The van der Waals surface area contributed by atoms with Gasteiger partial charge in [-0.2, -0.15) is 0 Å². The number of nitrogens with one attached hydrogen (secondary N) is 1. The molecule has 0 unspecified atom stereocenters. The Morgan fingerprint density at radius 3 is 2.90 bits per heavy atom. The highest BCUT2D eigenvalue weighted by molar-refractivity contribution is 9.10. The van der Waals surface area contributed by atoms with Crippen LogP contribution in [-0.4, -0.2) is 9.55 Å². The molecular formula is C16H13BrClN3. The van der Waals surface area contributed by atoms with E-state index in [9.17, 15) is 0 Å². The Labute approximate surface area is 136 Å². The zero-order chi connectivity index (χ0) is 14.7. The second kappa shape index (κ2) is 6.33. The number of rotatable bonds is 4. The predicted molar refractivity (Wildman–Crippen MR) is 90.0 cm³/mol. The number of imidazole rings is 1. The fourth-order valence-electron chi connectivity index (χ4n) is 2.06. The molecule has 2 aromatic carbocycles. The number of hydrogen-bond donors (Lipinski definition) is 1. The lowest BCUT2D eigenvalue weighted by molar-refractivity contribution is 1.05. The van der Waals surface area contributed by atoms with Gasteiger partial charge >= 0.3 is 0 Å². The second-order valence-corrected chi connectivity index (χ2v) is 5.93. The third-order valence-electron chi connectivity index (χ3n) is 3.14. The third-order valence-corrected chi connectivity index (χ3v) is 4.00. The van der Waals surface area contributed by atoms with Crippen molar-refractivity contribution in [3.8, 4) is 5.69 Å². The molecule has 5 heteroatoms. The topological polar surface area (TPSA) is 29.9 Å². The van der Waals surface area contributed by atoms with Gasteiger partial charge in [0.25, 0.3) is 0 Å². The van der Waals surface area contributed by atoms with E-state index in [1.807, 2.05) is 47.2 Å². The molecule has 0 aliphatic carbocycles. The van der Waals surface area contributed by atoms with Crippen molar-refractivity contribution in [2.24, 2.45) is 0 Å². The largest absolute Gasteiger partial charge is 0.381 e. The molecule has 21 heavy (non-hydrogen) atoms. The van der Waals surface area contributed by atoms with Crippen LogP contribution in [0.3, 0.4) is 0 Å². The molecule has 3 rings (SSSR count). The monoisotopic (exact) mass is 361 g/mol. The average Bonchev–Trinajstić information content (AvgIpc) is 3.03. The van der Waals surface area contributed by atoms with Crippen LogP contribution in [0.1, 0.15) is 5.56 Å². The van der Waals surface area contributed by atoms with Gasteiger partial charge in [0.15, 0.2) is 0 Å². The van der Waals surface area contributed by atoms with E-state index in [2.05, 4.69) is 32.3 Å². The van der Waals surface area contributed by atoms with Crippen molar-refractivity contribution >= 4 is 33.2 Å². The maximum Gasteiger partial charge on any atom is 0.0991 e. The first kappa shape index (κ1) is 14.2. The van der Waals surface area contributed by atoms with E-state index in [4.69, 9.17) is 11.6 Å². The van der Waals surface area contributed by atoms with Gasteiger partial charge in [0.1, 0.15) is 0 Å². The zero-order valence-corrected chi connectivity index (χ0v) is 13.5. The van der Waals surface area contributed by atoms with Gasteiger partial charge in [-0.25, -0.2) is 4.98 Å². The van der Waals surface area contributed by atoms with E-state index in [0.29, 0.717) is 6.54 Å². The molecule has 0 saturated carbocycles. The van der Waals surface area contributed by atoms with Gasteiger partial charge in [0, 0.05) is 39.8 Å². The predicted octanol–water partition coefficient (Wildman–Crippen LogP) is 4.90. The Morgan fingerprint density at radius 2 is 2.10 bits per heavy atom. The van der Waals surface area contributed by atoms with E-state index in [1.165, 1.54) is 0 Å². The molecule has 0 spiro atoms. The Kier molecular flexibility index (Phi) is 4.27. The minimum Gasteiger partial charge on any atom is -0.381 e. The van der Waals surface area contributed by atoms with E-state index < -0.39 is 0 Å². The maximum absolute atomic E-state index is 6.20. The minimum atomic E-state index is 0.672. The Morgan fingerprint density at radius 1 is 1.19 bits per heavy atom. The molecule has 0 saturated heterocycles. The van der Waals surface area contributed by atoms with Crippen molar-refractivity contribution in [1.29, 1.82) is 0 Å². The van der Waals surface area contributed by atoms with E-state index in [1.54, 1.807) is 12.5 Å². The normalized spacial score (nSPS) is 10.6. The maximum atomic E-state index is 6.20. The van der Waals surface area contributed by atoms with Crippen LogP contribution in [0.15, 0.2) is 65.7 Å². The summed E-state index contributed by atoms with van der Waals surface area (Å²) in [6.07, 6.45) is 5.47. The molecule has 1 N–H and O–H groups in total. The van der Waals surface area contributed by atoms with Crippen molar-refractivity contribution in [1.82, 2.24) is 9.55 Å². The lowest BCUT2D eigenvalue weighted by Crippen LogP contribution is -2.01. The summed E-state index contributed by atoms with van der Waals surface area (Å²) < 4.78 is 2.99. The fraction of sp³-hybridized carbons (Fsp3) is 0.0625. The molecule has 1 aromatic heterocycles.